The minimum Gasteiger partial charge on any atom is -0.508 e. The van der Waals surface area contributed by atoms with E-state index in [2.05, 4.69) is 15.3 Å². The Kier molecular flexibility index (Phi) is 5.07. The zero-order chi connectivity index (χ0) is 17.9. The number of urea groups is 1. The van der Waals surface area contributed by atoms with Gasteiger partial charge in [-0.25, -0.2) is 14.8 Å². The number of hydrogen-bond donors (Lipinski definition) is 2. The zero-order valence-corrected chi connectivity index (χ0v) is 14.7. The second-order valence-corrected chi connectivity index (χ2v) is 6.86. The minimum absolute atomic E-state index is 0.136. The third-order valence-electron chi connectivity index (χ3n) is 3.83. The van der Waals surface area contributed by atoms with Crippen molar-refractivity contribution in [3.05, 3.63) is 48.0 Å². The molecule has 1 atom stereocenters. The fourth-order valence-electron chi connectivity index (χ4n) is 2.18. The van der Waals surface area contributed by atoms with Gasteiger partial charge in [0.15, 0.2) is 0 Å². The maximum Gasteiger partial charge on any atom is 0.322 e. The van der Waals surface area contributed by atoms with Gasteiger partial charge in [-0.05, 0) is 24.6 Å². The zero-order valence-electron chi connectivity index (χ0n) is 14.7. The van der Waals surface area contributed by atoms with Crippen molar-refractivity contribution in [3.63, 3.8) is 0 Å². The van der Waals surface area contributed by atoms with Crippen molar-refractivity contribution in [2.45, 2.75) is 39.2 Å². The second-order valence-electron chi connectivity index (χ2n) is 6.86. The van der Waals surface area contributed by atoms with Crippen LogP contribution in [0.2, 0.25) is 0 Å². The molecule has 24 heavy (non-hydrogen) atoms. The van der Waals surface area contributed by atoms with Crippen molar-refractivity contribution in [1.82, 2.24) is 14.9 Å². The number of nitrogens with one attached hydrogen (secondary N) is 1. The summed E-state index contributed by atoms with van der Waals surface area (Å²) in [4.78, 5) is 22.6. The molecular weight excluding hydrogens is 304 g/mol. The van der Waals surface area contributed by atoms with Crippen LogP contribution in [0.25, 0.3) is 0 Å². The average molecular weight is 328 g/mol. The van der Waals surface area contributed by atoms with Gasteiger partial charge < -0.3 is 15.3 Å². The molecule has 0 bridgehead atoms. The lowest BCUT2D eigenvalue weighted by molar-refractivity contribution is 0.208. The first kappa shape index (κ1) is 17.7. The number of hydrogen-bond acceptors (Lipinski definition) is 4. The highest BCUT2D eigenvalue weighted by Gasteiger charge is 2.19. The first-order chi connectivity index (χ1) is 11.2. The summed E-state index contributed by atoms with van der Waals surface area (Å²) in [5, 5.41) is 12.4. The quantitative estimate of drug-likeness (QED) is 0.900. The Labute approximate surface area is 142 Å². The number of anilines is 1. The van der Waals surface area contributed by atoms with E-state index >= 15 is 0 Å². The monoisotopic (exact) mass is 328 g/mol. The number of amides is 2. The number of nitrogens with zero attached hydrogens (tertiary/aromatic N) is 3. The Morgan fingerprint density at radius 2 is 1.88 bits per heavy atom. The van der Waals surface area contributed by atoms with E-state index in [0.717, 1.165) is 11.4 Å². The highest BCUT2D eigenvalue weighted by molar-refractivity contribution is 5.89. The van der Waals surface area contributed by atoms with E-state index in [-0.39, 0.29) is 23.2 Å². The van der Waals surface area contributed by atoms with Crippen molar-refractivity contribution in [2.24, 2.45) is 0 Å². The van der Waals surface area contributed by atoms with Crippen LogP contribution in [0, 0.1) is 0 Å². The Bertz CT molecular complexity index is 708. The highest BCUT2D eigenvalue weighted by atomic mass is 16.3. The number of phenolic OH excluding ortho intramolecular Hbond substituents is 1. The van der Waals surface area contributed by atoms with Crippen LogP contribution in [0.4, 0.5) is 10.5 Å². The minimum atomic E-state index is -0.266. The molecule has 2 amide bonds. The number of phenols is 1. The molecule has 0 saturated carbocycles. The number of rotatable bonds is 3. The van der Waals surface area contributed by atoms with Crippen LogP contribution in [0.3, 0.4) is 0 Å². The van der Waals surface area contributed by atoms with Gasteiger partial charge >= 0.3 is 6.03 Å². The topological polar surface area (TPSA) is 78.4 Å². The summed E-state index contributed by atoms with van der Waals surface area (Å²) in [5.74, 6) is 0.904. The van der Waals surface area contributed by atoms with E-state index < -0.39 is 0 Å². The van der Waals surface area contributed by atoms with Crippen LogP contribution >= 0.6 is 0 Å². The lowest BCUT2D eigenvalue weighted by Crippen LogP contribution is -2.33. The molecule has 2 aromatic rings. The predicted octanol–water partition coefficient (Wildman–Crippen LogP) is 3.70. The molecule has 6 nitrogen and oxygen atoms in total. The second kappa shape index (κ2) is 6.86. The Balaban J connectivity index is 2.06. The molecular formula is C18H24N4O2. The summed E-state index contributed by atoms with van der Waals surface area (Å²) in [7, 11) is 1.70. The van der Waals surface area contributed by atoms with Gasteiger partial charge in [-0.15, -0.1) is 0 Å². The van der Waals surface area contributed by atoms with E-state index in [1.54, 1.807) is 42.5 Å². The van der Waals surface area contributed by atoms with Crippen LogP contribution < -0.4 is 5.32 Å². The van der Waals surface area contributed by atoms with E-state index in [9.17, 15) is 9.90 Å². The number of carbonyl (C=O) groups excluding carboxylic acids is 1. The van der Waals surface area contributed by atoms with Crippen molar-refractivity contribution >= 4 is 11.7 Å². The highest BCUT2D eigenvalue weighted by Crippen LogP contribution is 2.23. The Morgan fingerprint density at radius 3 is 2.42 bits per heavy atom. The van der Waals surface area contributed by atoms with Gasteiger partial charge in [-0.2, -0.15) is 0 Å². The Hall–Kier alpha value is -2.63. The largest absolute Gasteiger partial charge is 0.508 e. The van der Waals surface area contributed by atoms with E-state index in [0.29, 0.717) is 5.69 Å². The smallest absolute Gasteiger partial charge is 0.322 e. The summed E-state index contributed by atoms with van der Waals surface area (Å²) in [5.41, 5.74) is 1.26. The molecule has 0 aliphatic carbocycles. The van der Waals surface area contributed by atoms with Gasteiger partial charge in [0, 0.05) is 12.5 Å². The molecule has 0 saturated heterocycles. The number of aromatic hydroxyl groups is 1. The third kappa shape index (κ3) is 4.22. The molecule has 0 radical (unpaired) electrons. The molecule has 0 fully saturated rings. The van der Waals surface area contributed by atoms with Gasteiger partial charge in [0.05, 0.1) is 24.1 Å². The van der Waals surface area contributed by atoms with Crippen molar-refractivity contribution in [1.29, 1.82) is 0 Å². The summed E-state index contributed by atoms with van der Waals surface area (Å²) >= 11 is 0. The van der Waals surface area contributed by atoms with Gasteiger partial charge in [0.1, 0.15) is 11.6 Å². The molecule has 0 spiro atoms. The first-order valence-electron chi connectivity index (χ1n) is 7.84. The first-order valence-corrected chi connectivity index (χ1v) is 7.84. The van der Waals surface area contributed by atoms with Crippen LogP contribution in [0.15, 0.2) is 36.7 Å². The fourth-order valence-corrected chi connectivity index (χ4v) is 2.18. The van der Waals surface area contributed by atoms with Crippen molar-refractivity contribution in [3.8, 4) is 5.75 Å². The van der Waals surface area contributed by atoms with Crippen LogP contribution in [-0.4, -0.2) is 33.1 Å². The van der Waals surface area contributed by atoms with Crippen LogP contribution in [-0.2, 0) is 5.41 Å². The molecule has 2 rings (SSSR count). The predicted molar refractivity (Wildman–Crippen MR) is 94.0 cm³/mol. The van der Waals surface area contributed by atoms with Gasteiger partial charge in [0.2, 0.25) is 0 Å². The lowest BCUT2D eigenvalue weighted by atomic mass is 9.96. The van der Waals surface area contributed by atoms with E-state index in [4.69, 9.17) is 0 Å². The van der Waals surface area contributed by atoms with E-state index in [1.807, 2.05) is 33.8 Å². The number of aromatic nitrogens is 2. The molecule has 1 aromatic carbocycles. The SMILES string of the molecule is CC(c1cccc(O)c1)N(C)C(=O)Nc1cnc(C(C)(C)C)nc1. The molecule has 0 aliphatic heterocycles. The molecule has 2 N–H and O–H groups in total. The van der Waals surface area contributed by atoms with Gasteiger partial charge in [-0.3, -0.25) is 0 Å². The summed E-state index contributed by atoms with van der Waals surface area (Å²) < 4.78 is 0. The lowest BCUT2D eigenvalue weighted by Gasteiger charge is -2.25. The average Bonchev–Trinajstić information content (AvgIpc) is 2.53. The molecule has 1 heterocycles. The normalized spacial score (nSPS) is 12.5. The van der Waals surface area contributed by atoms with Crippen molar-refractivity contribution in [2.75, 3.05) is 12.4 Å². The Morgan fingerprint density at radius 1 is 1.25 bits per heavy atom. The van der Waals surface area contributed by atoms with Crippen LogP contribution in [0.5, 0.6) is 5.75 Å². The van der Waals surface area contributed by atoms with Gasteiger partial charge in [-0.1, -0.05) is 32.9 Å². The molecule has 1 aromatic heterocycles. The van der Waals surface area contributed by atoms with Gasteiger partial charge in [0.25, 0.3) is 0 Å². The van der Waals surface area contributed by atoms with Crippen molar-refractivity contribution < 1.29 is 9.90 Å². The maximum atomic E-state index is 12.4. The molecule has 6 heteroatoms. The number of carbonyl (C=O) groups is 1. The number of benzene rings is 1. The molecule has 128 valence electrons. The summed E-state index contributed by atoms with van der Waals surface area (Å²) in [6, 6.07) is 6.42. The maximum absolute atomic E-state index is 12.4. The molecule has 1 unspecified atom stereocenters. The van der Waals surface area contributed by atoms with Crippen LogP contribution in [0.1, 0.15) is 45.1 Å². The standard InChI is InChI=1S/C18H24N4O2/c1-12(13-7-6-8-15(23)9-13)22(5)17(24)21-14-10-19-16(20-11-14)18(2,3)4/h6-12,23H,1-5H3,(H,21,24). The third-order valence-corrected chi connectivity index (χ3v) is 3.83. The summed E-state index contributed by atoms with van der Waals surface area (Å²) in [6.07, 6.45) is 3.22. The van der Waals surface area contributed by atoms with E-state index in [1.165, 1.54) is 0 Å². The summed E-state index contributed by atoms with van der Waals surface area (Å²) in [6.45, 7) is 8.00. The molecule has 0 aliphatic rings. The fraction of sp³-hybridized carbons (Fsp3) is 0.389.